The Hall–Kier alpha value is -1.75. The molecular formula is C14H15BrN2O2. The molecule has 0 unspecified atom stereocenters. The second-order valence-electron chi connectivity index (χ2n) is 4.15. The van der Waals surface area contributed by atoms with Gasteiger partial charge in [-0.2, -0.15) is 0 Å². The number of aromatic nitrogens is 1. The number of hydrogen-bond acceptors (Lipinski definition) is 4. The fourth-order valence-electron chi connectivity index (χ4n) is 1.72. The summed E-state index contributed by atoms with van der Waals surface area (Å²) in [5.41, 5.74) is 8.11. The first kappa shape index (κ1) is 13.7. The predicted octanol–water partition coefficient (Wildman–Crippen LogP) is 3.32. The van der Waals surface area contributed by atoms with Gasteiger partial charge in [-0.3, -0.25) is 4.98 Å². The molecule has 5 heteroatoms. The first-order chi connectivity index (χ1) is 9.06. The number of nitrogens with zero attached hydrogens (tertiary/aromatic N) is 1. The third-order valence-corrected chi connectivity index (χ3v) is 2.95. The van der Waals surface area contributed by atoms with Crippen LogP contribution < -0.4 is 15.2 Å². The van der Waals surface area contributed by atoms with Gasteiger partial charge in [-0.15, -0.1) is 0 Å². The number of nitrogen functional groups attached to an aromatic ring is 1. The van der Waals surface area contributed by atoms with Crippen molar-refractivity contribution in [1.29, 1.82) is 0 Å². The lowest BCUT2D eigenvalue weighted by Crippen LogP contribution is -2.01. The highest BCUT2D eigenvalue weighted by atomic mass is 79.9. The Bertz CT molecular complexity index is 567. The van der Waals surface area contributed by atoms with Crippen molar-refractivity contribution in [2.24, 2.45) is 0 Å². The molecule has 0 amide bonds. The van der Waals surface area contributed by atoms with E-state index >= 15 is 0 Å². The van der Waals surface area contributed by atoms with Gasteiger partial charge in [0.1, 0.15) is 18.1 Å². The molecule has 2 aromatic rings. The van der Waals surface area contributed by atoms with E-state index in [1.165, 1.54) is 0 Å². The molecule has 19 heavy (non-hydrogen) atoms. The quantitative estimate of drug-likeness (QED) is 0.877. The standard InChI is InChI=1S/C14H15BrN2O2/c1-9-3-13(18-2)7-12(17-9)8-19-14-5-10(15)4-11(16)6-14/h3-7H,8,16H2,1-2H3. The summed E-state index contributed by atoms with van der Waals surface area (Å²) in [7, 11) is 1.63. The monoisotopic (exact) mass is 322 g/mol. The van der Waals surface area contributed by atoms with Gasteiger partial charge in [-0.25, -0.2) is 0 Å². The fraction of sp³-hybridized carbons (Fsp3) is 0.214. The van der Waals surface area contributed by atoms with Crippen molar-refractivity contribution in [2.75, 3.05) is 12.8 Å². The third-order valence-electron chi connectivity index (χ3n) is 2.50. The predicted molar refractivity (Wildman–Crippen MR) is 78.4 cm³/mol. The lowest BCUT2D eigenvalue weighted by atomic mass is 10.3. The van der Waals surface area contributed by atoms with Gasteiger partial charge in [-0.1, -0.05) is 15.9 Å². The van der Waals surface area contributed by atoms with E-state index in [-0.39, 0.29) is 0 Å². The zero-order valence-electron chi connectivity index (χ0n) is 10.8. The smallest absolute Gasteiger partial charge is 0.130 e. The van der Waals surface area contributed by atoms with Crippen molar-refractivity contribution >= 4 is 21.6 Å². The number of methoxy groups -OCH3 is 1. The summed E-state index contributed by atoms with van der Waals surface area (Å²) in [5.74, 6) is 1.48. The normalized spacial score (nSPS) is 10.3. The minimum absolute atomic E-state index is 0.369. The third kappa shape index (κ3) is 3.86. The van der Waals surface area contributed by atoms with Crippen LogP contribution in [0.15, 0.2) is 34.8 Å². The van der Waals surface area contributed by atoms with E-state index < -0.39 is 0 Å². The molecule has 0 radical (unpaired) electrons. The Morgan fingerprint density at radius 1 is 1.16 bits per heavy atom. The minimum atomic E-state index is 0.369. The van der Waals surface area contributed by atoms with Crippen LogP contribution in [0.3, 0.4) is 0 Å². The fourth-order valence-corrected chi connectivity index (χ4v) is 2.21. The lowest BCUT2D eigenvalue weighted by Gasteiger charge is -2.09. The molecule has 0 saturated carbocycles. The molecule has 1 aromatic heterocycles. The van der Waals surface area contributed by atoms with Crippen LogP contribution in [-0.2, 0) is 6.61 Å². The van der Waals surface area contributed by atoms with Crippen molar-refractivity contribution in [3.63, 3.8) is 0 Å². The SMILES string of the molecule is COc1cc(C)nc(COc2cc(N)cc(Br)c2)c1. The van der Waals surface area contributed by atoms with Crippen molar-refractivity contribution in [1.82, 2.24) is 4.98 Å². The first-order valence-electron chi connectivity index (χ1n) is 5.77. The average molecular weight is 323 g/mol. The Morgan fingerprint density at radius 3 is 2.63 bits per heavy atom. The number of rotatable bonds is 4. The molecule has 0 saturated heterocycles. The highest BCUT2D eigenvalue weighted by Crippen LogP contribution is 2.24. The molecule has 0 fully saturated rings. The van der Waals surface area contributed by atoms with Crippen LogP contribution in [-0.4, -0.2) is 12.1 Å². The topological polar surface area (TPSA) is 57.4 Å². The lowest BCUT2D eigenvalue weighted by molar-refractivity contribution is 0.300. The Kier molecular flexibility index (Phi) is 4.27. The Labute approximate surface area is 120 Å². The molecule has 0 aliphatic carbocycles. The van der Waals surface area contributed by atoms with Crippen molar-refractivity contribution in [3.8, 4) is 11.5 Å². The molecule has 2 rings (SSSR count). The maximum atomic E-state index is 5.75. The number of aryl methyl sites for hydroxylation is 1. The van der Waals surface area contributed by atoms with E-state index in [2.05, 4.69) is 20.9 Å². The number of benzene rings is 1. The largest absolute Gasteiger partial charge is 0.497 e. The van der Waals surface area contributed by atoms with E-state index in [9.17, 15) is 0 Å². The second-order valence-corrected chi connectivity index (χ2v) is 5.06. The van der Waals surface area contributed by atoms with Gasteiger partial charge < -0.3 is 15.2 Å². The van der Waals surface area contributed by atoms with Crippen LogP contribution in [0.25, 0.3) is 0 Å². The highest BCUT2D eigenvalue weighted by Gasteiger charge is 2.03. The molecule has 0 atom stereocenters. The highest BCUT2D eigenvalue weighted by molar-refractivity contribution is 9.10. The Morgan fingerprint density at radius 2 is 1.95 bits per heavy atom. The molecule has 0 aliphatic rings. The van der Waals surface area contributed by atoms with E-state index in [1.807, 2.05) is 31.2 Å². The van der Waals surface area contributed by atoms with Crippen molar-refractivity contribution in [3.05, 3.63) is 46.2 Å². The zero-order chi connectivity index (χ0) is 13.8. The second kappa shape index (κ2) is 5.93. The van der Waals surface area contributed by atoms with E-state index in [0.29, 0.717) is 18.0 Å². The molecule has 1 heterocycles. The summed E-state index contributed by atoms with van der Waals surface area (Å²) in [6.07, 6.45) is 0. The molecule has 0 aliphatic heterocycles. The van der Waals surface area contributed by atoms with Gasteiger partial charge in [0.25, 0.3) is 0 Å². The molecular weight excluding hydrogens is 308 g/mol. The molecule has 0 spiro atoms. The van der Waals surface area contributed by atoms with E-state index in [4.69, 9.17) is 15.2 Å². The van der Waals surface area contributed by atoms with E-state index in [0.717, 1.165) is 21.6 Å². The summed E-state index contributed by atoms with van der Waals surface area (Å²) in [6.45, 7) is 2.29. The Balaban J connectivity index is 2.11. The number of hydrogen-bond donors (Lipinski definition) is 1. The first-order valence-corrected chi connectivity index (χ1v) is 6.56. The van der Waals surface area contributed by atoms with Crippen LogP contribution in [0.4, 0.5) is 5.69 Å². The van der Waals surface area contributed by atoms with Crippen LogP contribution in [0.1, 0.15) is 11.4 Å². The summed E-state index contributed by atoms with van der Waals surface area (Å²) in [5, 5.41) is 0. The van der Waals surface area contributed by atoms with Crippen LogP contribution in [0.2, 0.25) is 0 Å². The van der Waals surface area contributed by atoms with Crippen LogP contribution >= 0.6 is 15.9 Å². The van der Waals surface area contributed by atoms with Crippen molar-refractivity contribution < 1.29 is 9.47 Å². The molecule has 100 valence electrons. The zero-order valence-corrected chi connectivity index (χ0v) is 12.4. The van der Waals surface area contributed by atoms with Gasteiger partial charge in [0, 0.05) is 34.1 Å². The maximum absolute atomic E-state index is 5.75. The van der Waals surface area contributed by atoms with E-state index in [1.54, 1.807) is 13.2 Å². The average Bonchev–Trinajstić information content (AvgIpc) is 2.34. The van der Waals surface area contributed by atoms with Crippen LogP contribution in [0.5, 0.6) is 11.5 Å². The molecule has 2 N–H and O–H groups in total. The number of pyridine rings is 1. The number of nitrogens with two attached hydrogens (primary N) is 1. The van der Waals surface area contributed by atoms with Crippen molar-refractivity contribution in [2.45, 2.75) is 13.5 Å². The summed E-state index contributed by atoms with van der Waals surface area (Å²) >= 11 is 3.38. The summed E-state index contributed by atoms with van der Waals surface area (Å²) < 4.78 is 11.8. The maximum Gasteiger partial charge on any atom is 0.130 e. The number of halogens is 1. The van der Waals surface area contributed by atoms with Crippen LogP contribution in [0, 0.1) is 6.92 Å². The van der Waals surface area contributed by atoms with Gasteiger partial charge in [0.05, 0.1) is 12.8 Å². The summed E-state index contributed by atoms with van der Waals surface area (Å²) in [6, 6.07) is 9.19. The number of ether oxygens (including phenoxy) is 2. The summed E-state index contributed by atoms with van der Waals surface area (Å²) in [4.78, 5) is 4.39. The molecule has 4 nitrogen and oxygen atoms in total. The molecule has 1 aromatic carbocycles. The van der Waals surface area contributed by atoms with Gasteiger partial charge >= 0.3 is 0 Å². The minimum Gasteiger partial charge on any atom is -0.497 e. The van der Waals surface area contributed by atoms with Gasteiger partial charge in [0.15, 0.2) is 0 Å². The van der Waals surface area contributed by atoms with Gasteiger partial charge in [-0.05, 0) is 19.1 Å². The molecule has 0 bridgehead atoms. The van der Waals surface area contributed by atoms with Gasteiger partial charge in [0.2, 0.25) is 0 Å². The number of anilines is 1.